The minimum atomic E-state index is -0.919. The number of aromatic nitrogens is 2. The molecule has 2 aromatic heterocycles. The summed E-state index contributed by atoms with van der Waals surface area (Å²) in [6, 6.07) is 14.4. The zero-order valence-electron chi connectivity index (χ0n) is 21.8. The maximum Gasteiger partial charge on any atom is 0.272 e. The molecule has 0 aliphatic rings. The van der Waals surface area contributed by atoms with Gasteiger partial charge in [-0.3, -0.25) is 14.4 Å². The normalized spacial score (nSPS) is 11.7. The molecule has 11 heteroatoms. The van der Waals surface area contributed by atoms with E-state index in [-0.39, 0.29) is 22.8 Å². The molecular weight excluding hydrogens is 524 g/mol. The topological polar surface area (TPSA) is 96.3 Å². The molecule has 8 nitrogen and oxygen atoms in total. The van der Waals surface area contributed by atoms with Crippen molar-refractivity contribution in [2.75, 3.05) is 21.1 Å². The Morgan fingerprint density at radius 3 is 2.56 bits per heavy atom. The molecule has 0 radical (unpaired) electrons. The number of hydrogen-bond acceptors (Lipinski definition) is 6. The van der Waals surface area contributed by atoms with Crippen molar-refractivity contribution < 1.29 is 18.4 Å². The van der Waals surface area contributed by atoms with Crippen LogP contribution in [-0.4, -0.2) is 47.6 Å². The van der Waals surface area contributed by atoms with Crippen molar-refractivity contribution >= 4 is 23.2 Å². The summed E-state index contributed by atoms with van der Waals surface area (Å²) in [5, 5.41) is 9.99. The average Bonchev–Trinajstić information content (AvgIpc) is 3.40. The van der Waals surface area contributed by atoms with E-state index in [0.717, 1.165) is 31.6 Å². The molecule has 0 aliphatic heterocycles. The largest absolute Gasteiger partial charge is 0.345 e. The number of halogens is 2. The van der Waals surface area contributed by atoms with Crippen LogP contribution in [0.2, 0.25) is 0 Å². The van der Waals surface area contributed by atoms with Gasteiger partial charge in [-0.25, -0.2) is 8.78 Å². The van der Waals surface area contributed by atoms with Gasteiger partial charge in [-0.15, -0.1) is 11.3 Å². The maximum absolute atomic E-state index is 15.2. The van der Waals surface area contributed by atoms with Gasteiger partial charge in [0.05, 0.1) is 11.6 Å². The third kappa shape index (κ3) is 5.94. The summed E-state index contributed by atoms with van der Waals surface area (Å²) in [6.45, 7) is 2.36. The number of thiophene rings is 1. The Morgan fingerprint density at radius 2 is 1.85 bits per heavy atom. The summed E-state index contributed by atoms with van der Waals surface area (Å²) in [5.41, 5.74) is 0.473. The number of benzene rings is 2. The summed E-state index contributed by atoms with van der Waals surface area (Å²) in [5.74, 6) is -2.40. The Labute approximate surface area is 227 Å². The van der Waals surface area contributed by atoms with Crippen molar-refractivity contribution in [1.29, 1.82) is 0 Å². The molecule has 0 fully saturated rings. The molecule has 4 rings (SSSR count). The lowest BCUT2D eigenvalue weighted by molar-refractivity contribution is 0.0822. The van der Waals surface area contributed by atoms with Crippen molar-refractivity contribution in [2.45, 2.75) is 19.5 Å². The van der Waals surface area contributed by atoms with Crippen molar-refractivity contribution in [1.82, 2.24) is 25.3 Å². The van der Waals surface area contributed by atoms with E-state index < -0.39 is 29.2 Å². The van der Waals surface area contributed by atoms with Gasteiger partial charge in [0.1, 0.15) is 17.2 Å². The number of hydrogen-bond donors (Lipinski definition) is 2. The Kier molecular flexibility index (Phi) is 8.32. The fraction of sp³-hybridized carbons (Fsp3) is 0.214. The molecule has 2 heterocycles. The molecule has 0 unspecified atom stereocenters. The van der Waals surface area contributed by atoms with Crippen molar-refractivity contribution in [3.8, 4) is 16.1 Å². The van der Waals surface area contributed by atoms with Crippen LogP contribution in [0.5, 0.6) is 0 Å². The molecule has 2 N–H and O–H groups in total. The summed E-state index contributed by atoms with van der Waals surface area (Å²) < 4.78 is 29.9. The lowest BCUT2D eigenvalue weighted by Gasteiger charge is -2.15. The zero-order valence-corrected chi connectivity index (χ0v) is 22.6. The maximum atomic E-state index is 15.2. The molecule has 0 saturated carbocycles. The number of carbonyl (C=O) groups excluding carboxylic acids is 2. The first-order valence-corrected chi connectivity index (χ1v) is 12.9. The van der Waals surface area contributed by atoms with E-state index in [0.29, 0.717) is 6.54 Å². The molecule has 2 amide bonds. The van der Waals surface area contributed by atoms with Gasteiger partial charge in [0, 0.05) is 36.5 Å². The van der Waals surface area contributed by atoms with Crippen LogP contribution in [0.4, 0.5) is 8.78 Å². The van der Waals surface area contributed by atoms with Gasteiger partial charge < -0.3 is 15.5 Å². The number of carbonyl (C=O) groups is 2. The van der Waals surface area contributed by atoms with Crippen molar-refractivity contribution in [2.24, 2.45) is 0 Å². The predicted octanol–water partition coefficient (Wildman–Crippen LogP) is 4.15. The molecular formula is C28H27F2N5O3S. The second-order valence-corrected chi connectivity index (χ2v) is 10.2. The van der Waals surface area contributed by atoms with Gasteiger partial charge in [0.2, 0.25) is 0 Å². The molecule has 1 atom stereocenters. The quantitative estimate of drug-likeness (QED) is 0.343. The number of nitrogens with zero attached hydrogens (tertiary/aromatic N) is 3. The molecule has 0 spiro atoms. The molecule has 39 heavy (non-hydrogen) atoms. The van der Waals surface area contributed by atoms with Gasteiger partial charge in [-0.2, -0.15) is 9.78 Å². The Balaban J connectivity index is 1.58. The van der Waals surface area contributed by atoms with Crippen LogP contribution in [0, 0.1) is 11.6 Å². The van der Waals surface area contributed by atoms with E-state index in [1.165, 1.54) is 66.7 Å². The smallest absolute Gasteiger partial charge is 0.272 e. The standard InChI is InChI=1S/C28H27F2N5O3S/c1-16(23-11-12-24(39-23)20-14-18(29)9-8-17(20)15-31-2)32-27(37)21-10-13-25(36)35(33-21)22-7-5-6-19(26(22)30)28(38)34(3)4/h5-14,16,31H,15H2,1-4H3,(H,32,37)/t16-/m1/s1. The highest BCUT2D eigenvalue weighted by Gasteiger charge is 2.21. The lowest BCUT2D eigenvalue weighted by Crippen LogP contribution is -2.31. The fourth-order valence-electron chi connectivity index (χ4n) is 3.99. The van der Waals surface area contributed by atoms with E-state index in [9.17, 15) is 18.8 Å². The number of amides is 2. The Morgan fingerprint density at radius 1 is 1.08 bits per heavy atom. The Hall–Kier alpha value is -4.22. The molecule has 0 aliphatic carbocycles. The van der Waals surface area contributed by atoms with Gasteiger partial charge >= 0.3 is 0 Å². The summed E-state index contributed by atoms with van der Waals surface area (Å²) in [7, 11) is 4.79. The first-order valence-electron chi connectivity index (χ1n) is 12.1. The van der Waals surface area contributed by atoms with Crippen LogP contribution >= 0.6 is 11.3 Å². The average molecular weight is 552 g/mol. The fourth-order valence-corrected chi connectivity index (χ4v) is 5.05. The van der Waals surface area contributed by atoms with Crippen LogP contribution in [-0.2, 0) is 6.54 Å². The molecule has 4 aromatic rings. The van der Waals surface area contributed by atoms with Crippen LogP contribution < -0.4 is 16.2 Å². The monoisotopic (exact) mass is 551 g/mol. The molecule has 2 aromatic carbocycles. The SMILES string of the molecule is CNCc1ccc(F)cc1-c1ccc([C@@H](C)NC(=O)c2ccc(=O)n(-c3cccc(C(=O)N(C)C)c3F)n2)s1. The highest BCUT2D eigenvalue weighted by Crippen LogP contribution is 2.34. The minimum Gasteiger partial charge on any atom is -0.345 e. The van der Waals surface area contributed by atoms with E-state index >= 15 is 4.39 Å². The van der Waals surface area contributed by atoms with Crippen molar-refractivity contribution in [3.05, 3.63) is 104 Å². The molecule has 0 bridgehead atoms. The number of nitrogens with one attached hydrogen (secondary N) is 2. The van der Waals surface area contributed by atoms with Crippen LogP contribution in [0.15, 0.2) is 65.5 Å². The van der Waals surface area contributed by atoms with E-state index in [2.05, 4.69) is 15.7 Å². The summed E-state index contributed by atoms with van der Waals surface area (Å²) in [6.07, 6.45) is 0. The van der Waals surface area contributed by atoms with Crippen LogP contribution in [0.3, 0.4) is 0 Å². The first-order chi connectivity index (χ1) is 18.6. The van der Waals surface area contributed by atoms with Crippen molar-refractivity contribution in [3.63, 3.8) is 0 Å². The zero-order chi connectivity index (χ0) is 28.3. The molecule has 202 valence electrons. The minimum absolute atomic E-state index is 0.108. The van der Waals surface area contributed by atoms with E-state index in [1.54, 1.807) is 13.0 Å². The second kappa shape index (κ2) is 11.7. The van der Waals surface area contributed by atoms with Gasteiger partial charge in [0.25, 0.3) is 17.4 Å². The van der Waals surface area contributed by atoms with Crippen LogP contribution in [0.1, 0.15) is 44.3 Å². The van der Waals surface area contributed by atoms with Crippen LogP contribution in [0.25, 0.3) is 16.1 Å². The van der Waals surface area contributed by atoms with Gasteiger partial charge in [-0.05, 0) is 67.6 Å². The first kappa shape index (κ1) is 27.8. The van der Waals surface area contributed by atoms with Gasteiger partial charge in [-0.1, -0.05) is 12.1 Å². The third-order valence-corrected chi connectivity index (χ3v) is 7.28. The van der Waals surface area contributed by atoms with E-state index in [4.69, 9.17) is 0 Å². The predicted molar refractivity (Wildman–Crippen MR) is 146 cm³/mol. The number of rotatable bonds is 8. The summed E-state index contributed by atoms with van der Waals surface area (Å²) >= 11 is 1.42. The summed E-state index contributed by atoms with van der Waals surface area (Å²) in [4.78, 5) is 40.8. The van der Waals surface area contributed by atoms with Gasteiger partial charge in [0.15, 0.2) is 5.82 Å². The van der Waals surface area contributed by atoms with E-state index in [1.807, 2.05) is 19.2 Å². The lowest BCUT2D eigenvalue weighted by atomic mass is 10.1. The molecule has 0 saturated heterocycles. The highest BCUT2D eigenvalue weighted by atomic mass is 32.1. The Bertz CT molecular complexity index is 1600. The highest BCUT2D eigenvalue weighted by molar-refractivity contribution is 7.15. The third-order valence-electron chi connectivity index (χ3n) is 5.98. The second-order valence-electron chi connectivity index (χ2n) is 9.04.